The molecule has 1 aliphatic rings. The number of nitrogens with zero attached hydrogens (tertiary/aromatic N) is 1. The van der Waals surface area contributed by atoms with Crippen molar-refractivity contribution in [3.8, 4) is 5.75 Å². The first kappa shape index (κ1) is 21.8. The van der Waals surface area contributed by atoms with E-state index in [0.717, 1.165) is 10.5 Å². The van der Waals surface area contributed by atoms with Crippen LogP contribution in [0.5, 0.6) is 5.75 Å². The molecule has 6 heteroatoms. The van der Waals surface area contributed by atoms with Crippen LogP contribution in [-0.2, 0) is 21.9 Å². The summed E-state index contributed by atoms with van der Waals surface area (Å²) >= 11 is 1.33. The highest BCUT2D eigenvalue weighted by atomic mass is 32.2. The van der Waals surface area contributed by atoms with Gasteiger partial charge >= 0.3 is 0 Å². The molecule has 1 heterocycles. The monoisotopic (exact) mass is 447 g/mol. The van der Waals surface area contributed by atoms with E-state index in [9.17, 15) is 14.0 Å². The highest BCUT2D eigenvalue weighted by molar-refractivity contribution is 8.03. The lowest BCUT2D eigenvalue weighted by atomic mass is 10.1. The number of halogens is 1. The second-order valence-corrected chi connectivity index (χ2v) is 8.21. The molecule has 3 aromatic carbocycles. The molecule has 0 unspecified atom stereocenters. The smallest absolute Gasteiger partial charge is 0.268 e. The van der Waals surface area contributed by atoms with Crippen molar-refractivity contribution in [3.63, 3.8) is 0 Å². The van der Waals surface area contributed by atoms with E-state index in [1.54, 1.807) is 42.5 Å². The van der Waals surface area contributed by atoms with Crippen molar-refractivity contribution in [2.24, 2.45) is 0 Å². The average Bonchev–Trinajstić information content (AvgIpc) is 3.05. The topological polar surface area (TPSA) is 46.6 Å². The van der Waals surface area contributed by atoms with Crippen LogP contribution < -0.4 is 4.74 Å². The lowest BCUT2D eigenvalue weighted by Crippen LogP contribution is -2.31. The second kappa shape index (κ2) is 9.83. The SMILES string of the molecule is CCOc1ccc(C2=C(SCc3ccccc3)C(=O)N(Cc3ccccc3F)C2=O)cc1. The van der Waals surface area contributed by atoms with Crippen LogP contribution in [0.1, 0.15) is 23.6 Å². The maximum absolute atomic E-state index is 14.2. The zero-order chi connectivity index (χ0) is 22.5. The van der Waals surface area contributed by atoms with Gasteiger partial charge in [0.25, 0.3) is 11.8 Å². The largest absolute Gasteiger partial charge is 0.494 e. The van der Waals surface area contributed by atoms with Crippen molar-refractivity contribution < 1.29 is 18.7 Å². The summed E-state index contributed by atoms with van der Waals surface area (Å²) in [6.07, 6.45) is 0. The molecule has 0 spiro atoms. The molecule has 32 heavy (non-hydrogen) atoms. The van der Waals surface area contributed by atoms with Gasteiger partial charge in [0.05, 0.1) is 23.6 Å². The van der Waals surface area contributed by atoms with Gasteiger partial charge in [0.15, 0.2) is 0 Å². The Hall–Kier alpha value is -3.38. The van der Waals surface area contributed by atoms with Gasteiger partial charge in [-0.05, 0) is 36.2 Å². The van der Waals surface area contributed by atoms with Crippen LogP contribution in [0.15, 0.2) is 83.8 Å². The number of carbonyl (C=O) groups is 2. The second-order valence-electron chi connectivity index (χ2n) is 7.22. The molecular formula is C26H22FNO3S. The molecule has 0 N–H and O–H groups in total. The Balaban J connectivity index is 1.67. The highest BCUT2D eigenvalue weighted by Gasteiger charge is 2.39. The molecule has 0 aromatic heterocycles. The van der Waals surface area contributed by atoms with E-state index in [1.165, 1.54) is 17.8 Å². The number of benzene rings is 3. The third-order valence-corrected chi connectivity index (χ3v) is 6.24. The van der Waals surface area contributed by atoms with Crippen LogP contribution in [0.25, 0.3) is 5.57 Å². The molecule has 0 aliphatic carbocycles. The van der Waals surface area contributed by atoms with Crippen LogP contribution in [-0.4, -0.2) is 23.3 Å². The molecule has 0 saturated carbocycles. The van der Waals surface area contributed by atoms with E-state index in [-0.39, 0.29) is 6.54 Å². The van der Waals surface area contributed by atoms with E-state index < -0.39 is 17.6 Å². The van der Waals surface area contributed by atoms with E-state index in [2.05, 4.69) is 0 Å². The predicted molar refractivity (Wildman–Crippen MR) is 124 cm³/mol. The van der Waals surface area contributed by atoms with Gasteiger partial charge in [-0.25, -0.2) is 4.39 Å². The van der Waals surface area contributed by atoms with Gasteiger partial charge in [0.2, 0.25) is 0 Å². The maximum atomic E-state index is 14.2. The Kier molecular flexibility index (Phi) is 6.71. The molecular weight excluding hydrogens is 425 g/mol. The van der Waals surface area contributed by atoms with Crippen molar-refractivity contribution in [2.75, 3.05) is 6.61 Å². The Morgan fingerprint density at radius 2 is 1.56 bits per heavy atom. The summed E-state index contributed by atoms with van der Waals surface area (Å²) in [5.41, 5.74) is 2.33. The standard InChI is InChI=1S/C26H22FNO3S/c1-2-31-21-14-12-19(13-15-21)23-24(32-17-18-8-4-3-5-9-18)26(30)28(25(23)29)16-20-10-6-7-11-22(20)27/h3-15H,2,16-17H2,1H3. The highest BCUT2D eigenvalue weighted by Crippen LogP contribution is 2.38. The molecule has 2 amide bonds. The van der Waals surface area contributed by atoms with Gasteiger partial charge in [-0.1, -0.05) is 60.7 Å². The minimum absolute atomic E-state index is 0.111. The normalized spacial score (nSPS) is 13.8. The minimum Gasteiger partial charge on any atom is -0.494 e. The van der Waals surface area contributed by atoms with E-state index in [1.807, 2.05) is 37.3 Å². The molecule has 0 fully saturated rings. The van der Waals surface area contributed by atoms with Crippen LogP contribution >= 0.6 is 11.8 Å². The van der Waals surface area contributed by atoms with Crippen molar-refractivity contribution in [1.82, 2.24) is 4.90 Å². The molecule has 0 atom stereocenters. The third kappa shape index (κ3) is 4.60. The fraction of sp³-hybridized carbons (Fsp3) is 0.154. The van der Waals surface area contributed by atoms with E-state index >= 15 is 0 Å². The van der Waals surface area contributed by atoms with Crippen molar-refractivity contribution in [1.29, 1.82) is 0 Å². The molecule has 4 rings (SSSR count). The molecule has 1 aliphatic heterocycles. The molecule has 0 bridgehead atoms. The first-order valence-electron chi connectivity index (χ1n) is 10.3. The number of hydrogen-bond donors (Lipinski definition) is 0. The fourth-order valence-electron chi connectivity index (χ4n) is 3.50. The number of hydrogen-bond acceptors (Lipinski definition) is 4. The summed E-state index contributed by atoms with van der Waals surface area (Å²) in [6, 6.07) is 23.0. The molecule has 0 radical (unpaired) electrons. The fourth-order valence-corrected chi connectivity index (χ4v) is 4.58. The third-order valence-electron chi connectivity index (χ3n) is 5.09. The van der Waals surface area contributed by atoms with E-state index in [0.29, 0.717) is 39.7 Å². The van der Waals surface area contributed by atoms with Gasteiger partial charge in [-0.3, -0.25) is 14.5 Å². The summed E-state index contributed by atoms with van der Waals surface area (Å²) in [6.45, 7) is 2.32. The summed E-state index contributed by atoms with van der Waals surface area (Å²) < 4.78 is 19.7. The zero-order valence-corrected chi connectivity index (χ0v) is 18.4. The minimum atomic E-state index is -0.443. The number of ether oxygens (including phenoxy) is 1. The first-order valence-corrected chi connectivity index (χ1v) is 11.3. The molecule has 3 aromatic rings. The molecule has 0 saturated heterocycles. The van der Waals surface area contributed by atoms with Gasteiger partial charge in [-0.15, -0.1) is 11.8 Å². The Bertz CT molecular complexity index is 1160. The van der Waals surface area contributed by atoms with Crippen LogP contribution in [0.3, 0.4) is 0 Å². The number of amides is 2. The van der Waals surface area contributed by atoms with Crippen LogP contribution in [0.2, 0.25) is 0 Å². The molecule has 4 nitrogen and oxygen atoms in total. The van der Waals surface area contributed by atoms with Gasteiger partial charge in [0, 0.05) is 11.3 Å². The average molecular weight is 448 g/mol. The predicted octanol–water partition coefficient (Wildman–Crippen LogP) is 5.44. The van der Waals surface area contributed by atoms with Gasteiger partial charge < -0.3 is 4.74 Å². The van der Waals surface area contributed by atoms with Crippen molar-refractivity contribution in [2.45, 2.75) is 19.2 Å². The molecule has 162 valence electrons. The van der Waals surface area contributed by atoms with Crippen molar-refractivity contribution in [3.05, 3.63) is 106 Å². The Morgan fingerprint density at radius 3 is 2.25 bits per heavy atom. The number of thioether (sulfide) groups is 1. The van der Waals surface area contributed by atoms with Crippen molar-refractivity contribution >= 4 is 29.1 Å². The Morgan fingerprint density at radius 1 is 0.875 bits per heavy atom. The summed E-state index contributed by atoms with van der Waals surface area (Å²) in [5.74, 6) is -0.0269. The summed E-state index contributed by atoms with van der Waals surface area (Å²) in [5, 5.41) is 0. The quantitative estimate of drug-likeness (QED) is 0.432. The van der Waals surface area contributed by atoms with Crippen LogP contribution in [0.4, 0.5) is 4.39 Å². The number of imide groups is 1. The first-order chi connectivity index (χ1) is 15.6. The Labute approximate surface area is 190 Å². The lowest BCUT2D eigenvalue weighted by molar-refractivity contribution is -0.137. The summed E-state index contributed by atoms with van der Waals surface area (Å²) in [4.78, 5) is 28.1. The van der Waals surface area contributed by atoms with Crippen LogP contribution in [0, 0.1) is 5.82 Å². The zero-order valence-electron chi connectivity index (χ0n) is 17.6. The lowest BCUT2D eigenvalue weighted by Gasteiger charge is -2.15. The summed E-state index contributed by atoms with van der Waals surface area (Å²) in [7, 11) is 0. The van der Waals surface area contributed by atoms with Gasteiger partial charge in [-0.2, -0.15) is 0 Å². The maximum Gasteiger partial charge on any atom is 0.268 e. The van der Waals surface area contributed by atoms with Gasteiger partial charge in [0.1, 0.15) is 11.6 Å². The van der Waals surface area contributed by atoms with E-state index in [4.69, 9.17) is 4.74 Å². The number of carbonyl (C=O) groups excluding carboxylic acids is 2. The number of rotatable bonds is 8.